The number of hydrogen-bond acceptors (Lipinski definition) is 5. The molecule has 4 bridgehead atoms. The Morgan fingerprint density at radius 2 is 1.48 bits per heavy atom. The summed E-state index contributed by atoms with van der Waals surface area (Å²) in [6.45, 7) is 5.57. The number of piperazine rings is 1. The number of carbonyl (C=O) groups is 1. The van der Waals surface area contributed by atoms with Gasteiger partial charge in [0.2, 0.25) is 11.9 Å². The maximum absolute atomic E-state index is 13.6. The molecule has 0 aromatic carbocycles. The van der Waals surface area contributed by atoms with E-state index in [1.165, 1.54) is 51.4 Å². The molecule has 0 N–H and O–H groups in total. The van der Waals surface area contributed by atoms with Crippen molar-refractivity contribution in [1.82, 2.24) is 14.9 Å². The Hall–Kier alpha value is -1.85. The van der Waals surface area contributed by atoms with Crippen molar-refractivity contribution in [1.29, 1.82) is 0 Å². The molecule has 7 rings (SSSR count). The van der Waals surface area contributed by atoms with Crippen LogP contribution in [-0.4, -0.2) is 60.0 Å². The predicted octanol–water partition coefficient (Wildman–Crippen LogP) is 2.94. The average molecular weight is 396 g/mol. The first-order valence-corrected chi connectivity index (χ1v) is 11.8. The molecule has 6 nitrogen and oxygen atoms in total. The van der Waals surface area contributed by atoms with E-state index in [4.69, 9.17) is 4.98 Å². The predicted molar refractivity (Wildman–Crippen MR) is 113 cm³/mol. The summed E-state index contributed by atoms with van der Waals surface area (Å²) in [6, 6.07) is 2.02. The fraction of sp³-hybridized carbons (Fsp3) is 0.783. The van der Waals surface area contributed by atoms with E-state index in [-0.39, 0.29) is 5.41 Å². The number of rotatable bonds is 3. The number of anilines is 2. The molecule has 0 atom stereocenters. The van der Waals surface area contributed by atoms with Crippen LogP contribution in [0.25, 0.3) is 0 Å². The van der Waals surface area contributed by atoms with Gasteiger partial charge in [-0.3, -0.25) is 4.79 Å². The molecular weight excluding hydrogens is 362 g/mol. The minimum atomic E-state index is -0.00520. The SMILES string of the molecule is O=C(N1CCN(c2ccnc(N3CCCC3)n2)CC1)C12CC3CC(CC(C3)C1)C2. The lowest BCUT2D eigenvalue weighted by atomic mass is 9.49. The highest BCUT2D eigenvalue weighted by molar-refractivity contribution is 5.83. The lowest BCUT2D eigenvalue weighted by Crippen LogP contribution is -2.58. The van der Waals surface area contributed by atoms with Crippen LogP contribution >= 0.6 is 0 Å². The van der Waals surface area contributed by atoms with Gasteiger partial charge in [-0.25, -0.2) is 4.98 Å². The summed E-state index contributed by atoms with van der Waals surface area (Å²) in [6.07, 6.45) is 12.1. The third-order valence-corrected chi connectivity index (χ3v) is 8.40. The van der Waals surface area contributed by atoms with Gasteiger partial charge in [-0.15, -0.1) is 0 Å². The third kappa shape index (κ3) is 3.10. The summed E-state index contributed by atoms with van der Waals surface area (Å²) < 4.78 is 0. The topological polar surface area (TPSA) is 52.6 Å². The van der Waals surface area contributed by atoms with Crippen LogP contribution in [-0.2, 0) is 4.79 Å². The van der Waals surface area contributed by atoms with Crippen LogP contribution in [0.4, 0.5) is 11.8 Å². The summed E-state index contributed by atoms with van der Waals surface area (Å²) in [4.78, 5) is 29.7. The molecule has 1 aromatic rings. The molecule has 0 radical (unpaired) electrons. The summed E-state index contributed by atoms with van der Waals surface area (Å²) in [5.74, 6) is 4.86. The quantitative estimate of drug-likeness (QED) is 0.788. The fourth-order valence-electron chi connectivity index (χ4n) is 7.43. The Balaban J connectivity index is 1.12. The molecule has 0 spiro atoms. The lowest BCUT2D eigenvalue weighted by molar-refractivity contribution is -0.158. The second kappa shape index (κ2) is 6.85. The van der Waals surface area contributed by atoms with E-state index in [1.54, 1.807) is 0 Å². The second-order valence-electron chi connectivity index (χ2n) is 10.4. The Labute approximate surface area is 173 Å². The van der Waals surface area contributed by atoms with Gasteiger partial charge in [-0.2, -0.15) is 4.98 Å². The highest BCUT2D eigenvalue weighted by Crippen LogP contribution is 2.60. The van der Waals surface area contributed by atoms with Crippen LogP contribution in [0.5, 0.6) is 0 Å². The normalized spacial score (nSPS) is 36.1. The maximum Gasteiger partial charge on any atom is 0.228 e. The minimum Gasteiger partial charge on any atom is -0.353 e. The molecule has 156 valence electrons. The van der Waals surface area contributed by atoms with E-state index >= 15 is 0 Å². The van der Waals surface area contributed by atoms with Gasteiger partial charge < -0.3 is 14.7 Å². The maximum atomic E-state index is 13.6. The summed E-state index contributed by atoms with van der Waals surface area (Å²) in [5, 5.41) is 0. The minimum absolute atomic E-state index is 0.00520. The molecule has 29 heavy (non-hydrogen) atoms. The van der Waals surface area contributed by atoms with Crippen molar-refractivity contribution in [3.05, 3.63) is 12.3 Å². The zero-order chi connectivity index (χ0) is 19.4. The number of hydrogen-bond donors (Lipinski definition) is 0. The smallest absolute Gasteiger partial charge is 0.228 e. The van der Waals surface area contributed by atoms with Gasteiger partial charge in [0.05, 0.1) is 5.41 Å². The summed E-state index contributed by atoms with van der Waals surface area (Å²) >= 11 is 0. The first kappa shape index (κ1) is 18.0. The van der Waals surface area contributed by atoms with Gasteiger partial charge in [0.1, 0.15) is 5.82 Å². The Bertz CT molecular complexity index is 746. The fourth-order valence-corrected chi connectivity index (χ4v) is 7.43. The zero-order valence-corrected chi connectivity index (χ0v) is 17.4. The highest BCUT2D eigenvalue weighted by atomic mass is 16.2. The van der Waals surface area contributed by atoms with Crippen LogP contribution in [0.2, 0.25) is 0 Å². The summed E-state index contributed by atoms with van der Waals surface area (Å²) in [5.41, 5.74) is -0.00520. The highest BCUT2D eigenvalue weighted by Gasteiger charge is 2.55. The molecule has 4 aliphatic carbocycles. The van der Waals surface area contributed by atoms with Gasteiger partial charge in [-0.05, 0) is 75.2 Å². The summed E-state index contributed by atoms with van der Waals surface area (Å²) in [7, 11) is 0. The molecule has 2 aliphatic heterocycles. The largest absolute Gasteiger partial charge is 0.353 e. The molecule has 6 aliphatic rings. The van der Waals surface area contributed by atoms with Crippen LogP contribution in [0.3, 0.4) is 0 Å². The van der Waals surface area contributed by atoms with Crippen molar-refractivity contribution in [3.63, 3.8) is 0 Å². The molecule has 4 saturated carbocycles. The Morgan fingerprint density at radius 1 is 0.862 bits per heavy atom. The molecule has 0 unspecified atom stereocenters. The van der Waals surface area contributed by atoms with Gasteiger partial charge >= 0.3 is 0 Å². The number of nitrogens with zero attached hydrogens (tertiary/aromatic N) is 5. The van der Waals surface area contributed by atoms with Crippen LogP contribution in [0.1, 0.15) is 51.4 Å². The van der Waals surface area contributed by atoms with E-state index in [2.05, 4.69) is 19.7 Å². The Morgan fingerprint density at radius 3 is 2.10 bits per heavy atom. The van der Waals surface area contributed by atoms with Crippen LogP contribution in [0.15, 0.2) is 12.3 Å². The zero-order valence-electron chi connectivity index (χ0n) is 17.4. The standard InChI is InChI=1S/C23H33N5O/c29-21(23-14-17-11-18(15-23)13-19(12-17)16-23)27-9-7-26(8-10-27)20-3-4-24-22(25-20)28-5-1-2-6-28/h3-4,17-19H,1-2,5-16H2. The van der Waals surface area contributed by atoms with Crippen molar-refractivity contribution < 1.29 is 4.79 Å². The van der Waals surface area contributed by atoms with E-state index in [1.807, 2.05) is 12.3 Å². The molecule has 1 amide bonds. The molecule has 2 saturated heterocycles. The van der Waals surface area contributed by atoms with Crippen molar-refractivity contribution >= 4 is 17.7 Å². The van der Waals surface area contributed by atoms with Gasteiger partial charge in [0, 0.05) is 45.5 Å². The van der Waals surface area contributed by atoms with Crippen LogP contribution < -0.4 is 9.80 Å². The third-order valence-electron chi connectivity index (χ3n) is 8.40. The van der Waals surface area contributed by atoms with E-state index in [0.29, 0.717) is 5.91 Å². The first-order chi connectivity index (χ1) is 14.2. The van der Waals surface area contributed by atoms with Crippen molar-refractivity contribution in [2.75, 3.05) is 49.1 Å². The van der Waals surface area contributed by atoms with Crippen molar-refractivity contribution in [2.24, 2.45) is 23.2 Å². The molecule has 1 aromatic heterocycles. The average Bonchev–Trinajstić information content (AvgIpc) is 3.28. The first-order valence-electron chi connectivity index (χ1n) is 11.8. The van der Waals surface area contributed by atoms with E-state index in [9.17, 15) is 4.79 Å². The second-order valence-corrected chi connectivity index (χ2v) is 10.4. The van der Waals surface area contributed by atoms with Crippen molar-refractivity contribution in [2.45, 2.75) is 51.4 Å². The van der Waals surface area contributed by atoms with Gasteiger partial charge in [0.15, 0.2) is 0 Å². The van der Waals surface area contributed by atoms with E-state index < -0.39 is 0 Å². The van der Waals surface area contributed by atoms with Gasteiger partial charge in [-0.1, -0.05) is 0 Å². The molecule has 6 heteroatoms. The lowest BCUT2D eigenvalue weighted by Gasteiger charge is -2.57. The Kier molecular flexibility index (Phi) is 4.24. The molecule has 6 fully saturated rings. The molecule has 3 heterocycles. The van der Waals surface area contributed by atoms with Crippen LogP contribution in [0, 0.1) is 23.2 Å². The number of aromatic nitrogens is 2. The number of carbonyl (C=O) groups excluding carboxylic acids is 1. The molecular formula is C23H33N5O. The van der Waals surface area contributed by atoms with Gasteiger partial charge in [0.25, 0.3) is 0 Å². The monoisotopic (exact) mass is 395 g/mol. The number of amides is 1. The van der Waals surface area contributed by atoms with Crippen molar-refractivity contribution in [3.8, 4) is 0 Å². The van der Waals surface area contributed by atoms with E-state index in [0.717, 1.165) is 68.8 Å².